The van der Waals surface area contributed by atoms with Crippen LogP contribution in [-0.2, 0) is 14.2 Å². The topological polar surface area (TPSA) is 115 Å². The number of esters is 3. The highest BCUT2D eigenvalue weighted by Crippen LogP contribution is 2.35. The van der Waals surface area contributed by atoms with Crippen molar-refractivity contribution in [2.45, 2.75) is 173 Å². The number of ether oxygens (including phenoxy) is 3. The van der Waals surface area contributed by atoms with Crippen molar-refractivity contribution in [1.82, 2.24) is 16.0 Å². The van der Waals surface area contributed by atoms with Crippen molar-refractivity contribution >= 4 is 17.9 Å². The van der Waals surface area contributed by atoms with Crippen LogP contribution in [0, 0.1) is 0 Å². The van der Waals surface area contributed by atoms with Crippen molar-refractivity contribution in [3.63, 3.8) is 0 Å². The van der Waals surface area contributed by atoms with Crippen molar-refractivity contribution in [1.29, 1.82) is 0 Å². The smallest absolute Gasteiger partial charge is 0.339 e. The van der Waals surface area contributed by atoms with Crippen LogP contribution in [0.1, 0.15) is 153 Å². The summed E-state index contributed by atoms with van der Waals surface area (Å²) in [5.74, 6) is -1.35. The van der Waals surface area contributed by atoms with E-state index in [4.69, 9.17) is 14.2 Å². The molecular weight excluding hydrogens is 642 g/mol. The highest BCUT2D eigenvalue weighted by molar-refractivity contribution is 6.01. The summed E-state index contributed by atoms with van der Waals surface area (Å²) in [5.41, 5.74) is 1.19. The number of piperidine rings is 3. The molecule has 0 aromatic heterocycles. The quantitative estimate of drug-likeness (QED) is 0.197. The van der Waals surface area contributed by atoms with E-state index in [0.29, 0.717) is 42.4 Å². The number of rotatable bonds is 7. The molecule has 0 bridgehead atoms. The predicted octanol–water partition coefficient (Wildman–Crippen LogP) is 7.75. The van der Waals surface area contributed by atoms with Crippen LogP contribution in [0.15, 0.2) is 42.5 Å². The minimum Gasteiger partial charge on any atom is -0.459 e. The highest BCUT2D eigenvalue weighted by atomic mass is 16.6. The van der Waals surface area contributed by atoms with E-state index in [0.717, 1.165) is 18.4 Å². The van der Waals surface area contributed by atoms with E-state index in [9.17, 15) is 14.4 Å². The zero-order valence-corrected chi connectivity index (χ0v) is 33.0. The van der Waals surface area contributed by atoms with Crippen LogP contribution in [-0.4, -0.2) is 69.5 Å². The fourth-order valence-electron chi connectivity index (χ4n) is 9.47. The first-order valence-electron chi connectivity index (χ1n) is 18.6. The van der Waals surface area contributed by atoms with E-state index in [1.807, 2.05) is 12.1 Å². The average Bonchev–Trinajstić information content (AvgIpc) is 2.91. The summed E-state index contributed by atoms with van der Waals surface area (Å²) in [4.78, 5) is 41.0. The molecule has 2 aromatic carbocycles. The Bertz CT molecular complexity index is 1590. The van der Waals surface area contributed by atoms with Gasteiger partial charge in [-0.1, -0.05) is 18.2 Å². The molecule has 9 nitrogen and oxygen atoms in total. The third kappa shape index (κ3) is 10.2. The molecule has 3 N–H and O–H groups in total. The van der Waals surface area contributed by atoms with E-state index in [1.165, 1.54) is 0 Å². The number of hydrogen-bond donors (Lipinski definition) is 3. The predicted molar refractivity (Wildman–Crippen MR) is 201 cm³/mol. The molecule has 0 unspecified atom stereocenters. The lowest BCUT2D eigenvalue weighted by atomic mass is 9.81. The fourth-order valence-corrected chi connectivity index (χ4v) is 9.47. The summed E-state index contributed by atoms with van der Waals surface area (Å²) in [6.45, 7) is 25.4. The summed E-state index contributed by atoms with van der Waals surface area (Å²) in [6, 6.07) is 12.1. The maximum atomic E-state index is 14.1. The van der Waals surface area contributed by atoms with Gasteiger partial charge in [0.1, 0.15) is 18.3 Å². The summed E-state index contributed by atoms with van der Waals surface area (Å²) >= 11 is 0. The lowest BCUT2D eigenvalue weighted by Gasteiger charge is -2.46. The minimum absolute atomic E-state index is 0.152. The first-order chi connectivity index (χ1) is 23.3. The van der Waals surface area contributed by atoms with Gasteiger partial charge in [-0.3, -0.25) is 0 Å². The Kier molecular flexibility index (Phi) is 10.4. The summed E-state index contributed by atoms with van der Waals surface area (Å²) < 4.78 is 18.3. The fraction of sp³-hybridized carbons (Fsp3) is 0.643. The lowest BCUT2D eigenvalue weighted by molar-refractivity contribution is -0.00797. The Balaban J connectivity index is 1.40. The Hall–Kier alpha value is -3.27. The van der Waals surface area contributed by atoms with E-state index >= 15 is 0 Å². The number of nitrogens with one attached hydrogen (secondary N) is 3. The van der Waals surface area contributed by atoms with E-state index in [-0.39, 0.29) is 63.1 Å². The third-order valence-corrected chi connectivity index (χ3v) is 10.2. The molecule has 5 rings (SSSR count). The monoisotopic (exact) mass is 703 g/mol. The zero-order chi connectivity index (χ0) is 37.8. The molecule has 51 heavy (non-hydrogen) atoms. The standard InChI is InChI=1S/C42H61N3O6/c1-37(2)20-29(21-38(3,4)43-37)49-34(46)27-15-13-26(14-16-27)32-18-17-28(35(47)50-30-22-39(5,6)44-40(7,8)23-30)19-33(32)36(48)51-31-24-41(9,10)45-42(11,12)25-31/h13-19,29-31,43-45H,20-25H2,1-12H3. The first-order valence-corrected chi connectivity index (χ1v) is 18.6. The van der Waals surface area contributed by atoms with Gasteiger partial charge in [0.2, 0.25) is 0 Å². The molecule has 3 aliphatic heterocycles. The minimum atomic E-state index is -0.498. The number of carbonyl (C=O) groups is 3. The number of carbonyl (C=O) groups excluding carboxylic acids is 3. The largest absolute Gasteiger partial charge is 0.459 e. The van der Waals surface area contributed by atoms with Gasteiger partial charge in [-0.05, 0) is 118 Å². The Morgan fingerprint density at radius 1 is 0.471 bits per heavy atom. The normalized spacial score (nSPS) is 23.9. The van der Waals surface area contributed by atoms with Gasteiger partial charge in [0, 0.05) is 71.8 Å². The molecule has 0 aliphatic carbocycles. The SMILES string of the molecule is CC1(C)CC(OC(=O)c2ccc(-c3ccc(C(=O)OC4CC(C)(C)NC(C)(C)C4)cc3C(=O)OC3CC(C)(C)NC(C)(C)C3)cc2)CC(C)(C)N1. The summed E-state index contributed by atoms with van der Waals surface area (Å²) in [5, 5.41) is 10.9. The molecule has 3 saturated heterocycles. The highest BCUT2D eigenvalue weighted by Gasteiger charge is 2.42. The van der Waals surface area contributed by atoms with Gasteiger partial charge in [0.05, 0.1) is 16.7 Å². The maximum Gasteiger partial charge on any atom is 0.339 e. The van der Waals surface area contributed by atoms with Crippen LogP contribution in [0.5, 0.6) is 0 Å². The molecule has 0 saturated carbocycles. The van der Waals surface area contributed by atoms with Crippen molar-refractivity contribution in [3.05, 3.63) is 59.2 Å². The van der Waals surface area contributed by atoms with E-state index < -0.39 is 11.9 Å². The van der Waals surface area contributed by atoms with Gasteiger partial charge < -0.3 is 30.2 Å². The second-order valence-corrected chi connectivity index (χ2v) is 19.3. The van der Waals surface area contributed by atoms with Crippen molar-refractivity contribution in [2.75, 3.05) is 0 Å². The molecule has 280 valence electrons. The Morgan fingerprint density at radius 2 is 0.784 bits per heavy atom. The van der Waals surface area contributed by atoms with Gasteiger partial charge >= 0.3 is 17.9 Å². The van der Waals surface area contributed by atoms with Gasteiger partial charge in [-0.15, -0.1) is 0 Å². The molecule has 3 fully saturated rings. The van der Waals surface area contributed by atoms with Gasteiger partial charge in [-0.25, -0.2) is 14.4 Å². The van der Waals surface area contributed by atoms with Gasteiger partial charge in [0.25, 0.3) is 0 Å². The third-order valence-electron chi connectivity index (χ3n) is 10.2. The maximum absolute atomic E-state index is 14.1. The van der Waals surface area contributed by atoms with Gasteiger partial charge in [0.15, 0.2) is 0 Å². The summed E-state index contributed by atoms with van der Waals surface area (Å²) in [7, 11) is 0. The number of benzene rings is 2. The molecule has 2 aromatic rings. The second-order valence-electron chi connectivity index (χ2n) is 19.3. The molecule has 0 atom stereocenters. The van der Waals surface area contributed by atoms with Crippen LogP contribution in [0.3, 0.4) is 0 Å². The number of hydrogen-bond acceptors (Lipinski definition) is 9. The average molecular weight is 704 g/mol. The van der Waals surface area contributed by atoms with Crippen LogP contribution in [0.4, 0.5) is 0 Å². The molecule has 0 radical (unpaired) electrons. The molecule has 0 spiro atoms. The van der Waals surface area contributed by atoms with Crippen molar-refractivity contribution in [3.8, 4) is 11.1 Å². The van der Waals surface area contributed by atoms with Crippen LogP contribution in [0.25, 0.3) is 11.1 Å². The molecule has 9 heteroatoms. The molecule has 3 heterocycles. The molecular formula is C42H61N3O6. The van der Waals surface area contributed by atoms with E-state index in [1.54, 1.807) is 30.3 Å². The van der Waals surface area contributed by atoms with Crippen LogP contribution < -0.4 is 16.0 Å². The second kappa shape index (κ2) is 13.6. The molecule has 3 aliphatic rings. The van der Waals surface area contributed by atoms with Crippen LogP contribution >= 0.6 is 0 Å². The molecule has 0 amide bonds. The summed E-state index contributed by atoms with van der Waals surface area (Å²) in [6.07, 6.45) is 3.32. The Labute approximate surface area is 305 Å². The first kappa shape index (κ1) is 38.9. The van der Waals surface area contributed by atoms with Crippen molar-refractivity contribution < 1.29 is 28.6 Å². The Morgan fingerprint density at radius 3 is 1.16 bits per heavy atom. The van der Waals surface area contributed by atoms with Gasteiger partial charge in [-0.2, -0.15) is 0 Å². The van der Waals surface area contributed by atoms with Crippen LogP contribution in [0.2, 0.25) is 0 Å². The lowest BCUT2D eigenvalue weighted by Crippen LogP contribution is -2.59. The van der Waals surface area contributed by atoms with Crippen molar-refractivity contribution in [2.24, 2.45) is 0 Å². The zero-order valence-electron chi connectivity index (χ0n) is 33.0. The van der Waals surface area contributed by atoms with E-state index in [2.05, 4.69) is 99.0 Å².